The van der Waals surface area contributed by atoms with Crippen molar-refractivity contribution in [1.82, 2.24) is 5.32 Å². The standard InChI is InChI=1S/C13H20ClNOS/c1-13(2)7-5-10(16-13)9-15-8-6-11-3-4-12(14)17-11/h3-4,10,15H,5-9H2,1-2H3. The van der Waals surface area contributed by atoms with Crippen LogP contribution < -0.4 is 5.32 Å². The van der Waals surface area contributed by atoms with E-state index in [-0.39, 0.29) is 5.60 Å². The van der Waals surface area contributed by atoms with E-state index >= 15 is 0 Å². The third-order valence-electron chi connectivity index (χ3n) is 3.10. The van der Waals surface area contributed by atoms with Crippen molar-refractivity contribution in [1.29, 1.82) is 0 Å². The molecule has 17 heavy (non-hydrogen) atoms. The summed E-state index contributed by atoms with van der Waals surface area (Å²) in [6.07, 6.45) is 3.77. The molecule has 0 saturated carbocycles. The molecule has 0 aromatic carbocycles. The van der Waals surface area contributed by atoms with E-state index in [0.29, 0.717) is 6.10 Å². The summed E-state index contributed by atoms with van der Waals surface area (Å²) in [7, 11) is 0. The molecule has 0 bridgehead atoms. The fourth-order valence-electron chi connectivity index (χ4n) is 2.18. The fourth-order valence-corrected chi connectivity index (χ4v) is 3.27. The van der Waals surface area contributed by atoms with Gasteiger partial charge in [-0.3, -0.25) is 0 Å². The lowest BCUT2D eigenvalue weighted by molar-refractivity contribution is -0.0140. The van der Waals surface area contributed by atoms with Crippen molar-refractivity contribution < 1.29 is 4.74 Å². The summed E-state index contributed by atoms with van der Waals surface area (Å²) in [6, 6.07) is 4.06. The lowest BCUT2D eigenvalue weighted by Gasteiger charge is -2.19. The van der Waals surface area contributed by atoms with E-state index in [2.05, 4.69) is 25.2 Å². The van der Waals surface area contributed by atoms with Crippen LogP contribution in [0.5, 0.6) is 0 Å². The first-order valence-corrected chi connectivity index (χ1v) is 7.37. The Morgan fingerprint density at radius 1 is 1.53 bits per heavy atom. The Hall–Kier alpha value is -0.0900. The third-order valence-corrected chi connectivity index (χ3v) is 4.39. The van der Waals surface area contributed by atoms with Crippen LogP contribution in [0.3, 0.4) is 0 Å². The van der Waals surface area contributed by atoms with Gasteiger partial charge in [-0.2, -0.15) is 0 Å². The zero-order chi connectivity index (χ0) is 12.3. The molecule has 4 heteroatoms. The minimum Gasteiger partial charge on any atom is -0.371 e. The van der Waals surface area contributed by atoms with Gasteiger partial charge in [0.2, 0.25) is 0 Å². The highest BCUT2D eigenvalue weighted by atomic mass is 35.5. The van der Waals surface area contributed by atoms with Gasteiger partial charge in [0.1, 0.15) is 0 Å². The summed E-state index contributed by atoms with van der Waals surface area (Å²) in [5, 5.41) is 3.46. The maximum atomic E-state index is 5.92. The summed E-state index contributed by atoms with van der Waals surface area (Å²) in [4.78, 5) is 1.34. The molecule has 96 valence electrons. The monoisotopic (exact) mass is 273 g/mol. The molecule has 1 atom stereocenters. The van der Waals surface area contributed by atoms with Crippen molar-refractivity contribution >= 4 is 22.9 Å². The van der Waals surface area contributed by atoms with E-state index in [1.165, 1.54) is 17.7 Å². The largest absolute Gasteiger partial charge is 0.371 e. The maximum absolute atomic E-state index is 5.92. The van der Waals surface area contributed by atoms with E-state index in [1.54, 1.807) is 11.3 Å². The van der Waals surface area contributed by atoms with E-state index in [1.807, 2.05) is 6.07 Å². The van der Waals surface area contributed by atoms with Crippen LogP contribution in [0.25, 0.3) is 0 Å². The first-order chi connectivity index (χ1) is 8.05. The number of nitrogens with one attached hydrogen (secondary N) is 1. The average molecular weight is 274 g/mol. The highest BCUT2D eigenvalue weighted by Crippen LogP contribution is 2.28. The van der Waals surface area contributed by atoms with Crippen LogP contribution in [0.15, 0.2) is 12.1 Å². The average Bonchev–Trinajstić information content (AvgIpc) is 2.80. The second-order valence-electron chi connectivity index (χ2n) is 5.20. The topological polar surface area (TPSA) is 21.3 Å². The van der Waals surface area contributed by atoms with Gasteiger partial charge in [-0.25, -0.2) is 0 Å². The van der Waals surface area contributed by atoms with Crippen molar-refractivity contribution in [3.63, 3.8) is 0 Å². The van der Waals surface area contributed by atoms with Gasteiger partial charge >= 0.3 is 0 Å². The number of hydrogen-bond acceptors (Lipinski definition) is 3. The van der Waals surface area contributed by atoms with Crippen LogP contribution >= 0.6 is 22.9 Å². The predicted octanol–water partition coefficient (Wildman–Crippen LogP) is 3.49. The van der Waals surface area contributed by atoms with Gasteiger partial charge in [0.15, 0.2) is 0 Å². The Bertz CT molecular complexity index is 364. The summed E-state index contributed by atoms with van der Waals surface area (Å²) >= 11 is 7.55. The Balaban J connectivity index is 1.61. The van der Waals surface area contributed by atoms with Crippen LogP contribution in [0.2, 0.25) is 4.34 Å². The molecule has 0 aliphatic carbocycles. The molecule has 1 aromatic heterocycles. The molecule has 1 aliphatic rings. The Labute approximate surface area is 112 Å². The van der Waals surface area contributed by atoms with E-state index in [9.17, 15) is 0 Å². The molecule has 1 N–H and O–H groups in total. The van der Waals surface area contributed by atoms with Crippen LogP contribution in [0.1, 0.15) is 31.6 Å². The summed E-state index contributed by atoms with van der Waals surface area (Å²) < 4.78 is 6.80. The molecule has 2 rings (SSSR count). The summed E-state index contributed by atoms with van der Waals surface area (Å²) in [5.41, 5.74) is 0.0770. The maximum Gasteiger partial charge on any atom is 0.0931 e. The number of halogens is 1. The van der Waals surface area contributed by atoms with Crippen molar-refractivity contribution in [2.45, 2.75) is 44.8 Å². The van der Waals surface area contributed by atoms with E-state index in [4.69, 9.17) is 16.3 Å². The molecule has 2 heterocycles. The zero-order valence-corrected chi connectivity index (χ0v) is 12.0. The minimum absolute atomic E-state index is 0.0770. The van der Waals surface area contributed by atoms with Crippen molar-refractivity contribution in [3.05, 3.63) is 21.3 Å². The summed E-state index contributed by atoms with van der Waals surface area (Å²) in [6.45, 7) is 6.29. The Kier molecular flexibility index (Phi) is 4.47. The number of ether oxygens (including phenoxy) is 1. The Morgan fingerprint density at radius 2 is 2.35 bits per heavy atom. The fraction of sp³-hybridized carbons (Fsp3) is 0.692. The minimum atomic E-state index is 0.0770. The molecule has 1 aliphatic heterocycles. The molecule has 2 nitrogen and oxygen atoms in total. The zero-order valence-electron chi connectivity index (χ0n) is 10.5. The van der Waals surface area contributed by atoms with Crippen molar-refractivity contribution in [2.75, 3.05) is 13.1 Å². The summed E-state index contributed by atoms with van der Waals surface area (Å²) in [5.74, 6) is 0. The van der Waals surface area contributed by atoms with E-state index in [0.717, 1.165) is 23.8 Å². The lowest BCUT2D eigenvalue weighted by atomic mass is 10.1. The molecule has 0 radical (unpaired) electrons. The molecule has 1 unspecified atom stereocenters. The molecular formula is C13H20ClNOS. The number of hydrogen-bond donors (Lipinski definition) is 1. The van der Waals surface area contributed by atoms with Gasteiger partial charge in [-0.1, -0.05) is 11.6 Å². The van der Waals surface area contributed by atoms with Crippen LogP contribution in [-0.2, 0) is 11.2 Å². The van der Waals surface area contributed by atoms with Crippen LogP contribution in [0, 0.1) is 0 Å². The van der Waals surface area contributed by atoms with Gasteiger partial charge in [0, 0.05) is 18.0 Å². The molecule has 1 saturated heterocycles. The van der Waals surface area contributed by atoms with Crippen LogP contribution in [-0.4, -0.2) is 24.8 Å². The lowest BCUT2D eigenvalue weighted by Crippen LogP contribution is -2.30. The van der Waals surface area contributed by atoms with Gasteiger partial charge in [0.05, 0.1) is 16.0 Å². The highest BCUT2D eigenvalue weighted by Gasteiger charge is 2.30. The normalized spacial score (nSPS) is 23.1. The SMILES string of the molecule is CC1(C)CCC(CNCCc2ccc(Cl)s2)O1. The molecule has 1 fully saturated rings. The first kappa shape index (κ1) is 13.3. The smallest absolute Gasteiger partial charge is 0.0931 e. The predicted molar refractivity (Wildman–Crippen MR) is 74.1 cm³/mol. The number of thiophene rings is 1. The van der Waals surface area contributed by atoms with Gasteiger partial charge < -0.3 is 10.1 Å². The molecule has 1 aromatic rings. The van der Waals surface area contributed by atoms with Crippen LogP contribution in [0.4, 0.5) is 0 Å². The van der Waals surface area contributed by atoms with Crippen molar-refractivity contribution in [3.8, 4) is 0 Å². The second-order valence-corrected chi connectivity index (χ2v) is 7.00. The van der Waals surface area contributed by atoms with Gasteiger partial charge in [0.25, 0.3) is 0 Å². The second kappa shape index (κ2) is 5.70. The Morgan fingerprint density at radius 3 is 2.94 bits per heavy atom. The first-order valence-electron chi connectivity index (χ1n) is 6.18. The molecule has 0 amide bonds. The number of rotatable bonds is 5. The quantitative estimate of drug-likeness (QED) is 0.830. The van der Waals surface area contributed by atoms with Crippen molar-refractivity contribution in [2.24, 2.45) is 0 Å². The van der Waals surface area contributed by atoms with Gasteiger partial charge in [-0.15, -0.1) is 11.3 Å². The molecular weight excluding hydrogens is 254 g/mol. The molecule has 0 spiro atoms. The third kappa shape index (κ3) is 4.25. The highest BCUT2D eigenvalue weighted by molar-refractivity contribution is 7.16. The van der Waals surface area contributed by atoms with E-state index < -0.39 is 0 Å². The van der Waals surface area contributed by atoms with Gasteiger partial charge in [-0.05, 0) is 45.2 Å².